The van der Waals surface area contributed by atoms with E-state index in [2.05, 4.69) is 17.5 Å². The van der Waals surface area contributed by atoms with E-state index in [-0.39, 0.29) is 5.91 Å². The van der Waals surface area contributed by atoms with Gasteiger partial charge in [-0.1, -0.05) is 18.2 Å². The highest BCUT2D eigenvalue weighted by Crippen LogP contribution is 2.26. The standard InChI is InChI=1S/C14H18N2OS/c1-14(2,15)13(17)16(3)8-10-9-18-12-7-5-4-6-11(10)12/h4-7,9H,8,15H2,1-3H3. The van der Waals surface area contributed by atoms with Crippen LogP contribution < -0.4 is 5.73 Å². The molecule has 1 heterocycles. The summed E-state index contributed by atoms with van der Waals surface area (Å²) in [5.41, 5.74) is 6.19. The Morgan fingerprint density at radius 2 is 2.06 bits per heavy atom. The minimum Gasteiger partial charge on any atom is -0.340 e. The van der Waals surface area contributed by atoms with Crippen molar-refractivity contribution < 1.29 is 4.79 Å². The van der Waals surface area contributed by atoms with E-state index in [9.17, 15) is 4.79 Å². The molecule has 1 aromatic heterocycles. The zero-order valence-electron chi connectivity index (χ0n) is 10.9. The second kappa shape index (κ2) is 4.71. The summed E-state index contributed by atoms with van der Waals surface area (Å²) in [5.74, 6) is -0.0437. The molecule has 0 fully saturated rings. The predicted octanol–water partition coefficient (Wildman–Crippen LogP) is 2.60. The molecule has 0 aliphatic carbocycles. The fourth-order valence-electron chi connectivity index (χ4n) is 1.97. The highest BCUT2D eigenvalue weighted by Gasteiger charge is 2.25. The van der Waals surface area contributed by atoms with E-state index in [1.54, 1.807) is 37.1 Å². The molecule has 2 aromatic rings. The molecule has 0 saturated carbocycles. The van der Waals surface area contributed by atoms with Crippen LogP contribution in [0.1, 0.15) is 19.4 Å². The lowest BCUT2D eigenvalue weighted by atomic mass is 10.1. The van der Waals surface area contributed by atoms with Gasteiger partial charge in [0.05, 0.1) is 5.54 Å². The highest BCUT2D eigenvalue weighted by molar-refractivity contribution is 7.17. The lowest BCUT2D eigenvalue weighted by Gasteiger charge is -2.25. The third-order valence-corrected chi connectivity index (χ3v) is 3.88. The fourth-order valence-corrected chi connectivity index (χ4v) is 2.93. The van der Waals surface area contributed by atoms with E-state index >= 15 is 0 Å². The lowest BCUT2D eigenvalue weighted by Crippen LogP contribution is -2.49. The number of thiophene rings is 1. The van der Waals surface area contributed by atoms with Gasteiger partial charge in [-0.15, -0.1) is 11.3 Å². The van der Waals surface area contributed by atoms with E-state index < -0.39 is 5.54 Å². The number of rotatable bonds is 3. The summed E-state index contributed by atoms with van der Waals surface area (Å²) < 4.78 is 1.25. The Hall–Kier alpha value is -1.39. The maximum Gasteiger partial charge on any atom is 0.242 e. The topological polar surface area (TPSA) is 46.3 Å². The maximum absolute atomic E-state index is 12.0. The molecular weight excluding hydrogens is 244 g/mol. The van der Waals surface area contributed by atoms with Crippen LogP contribution >= 0.6 is 11.3 Å². The summed E-state index contributed by atoms with van der Waals surface area (Å²) in [6, 6.07) is 8.24. The van der Waals surface area contributed by atoms with Crippen molar-refractivity contribution >= 4 is 27.3 Å². The monoisotopic (exact) mass is 262 g/mol. The number of carbonyl (C=O) groups excluding carboxylic acids is 1. The second-order valence-electron chi connectivity index (χ2n) is 5.14. The van der Waals surface area contributed by atoms with E-state index in [0.29, 0.717) is 6.54 Å². The van der Waals surface area contributed by atoms with Gasteiger partial charge in [-0.25, -0.2) is 0 Å². The van der Waals surface area contributed by atoms with Gasteiger partial charge in [-0.3, -0.25) is 4.79 Å². The molecule has 4 heteroatoms. The van der Waals surface area contributed by atoms with Crippen LogP contribution in [0, 0.1) is 0 Å². The van der Waals surface area contributed by atoms with Gasteiger partial charge in [0.1, 0.15) is 0 Å². The minimum absolute atomic E-state index is 0.0437. The molecular formula is C14H18N2OS. The maximum atomic E-state index is 12.0. The molecule has 2 rings (SSSR count). The van der Waals surface area contributed by atoms with Crippen molar-refractivity contribution in [1.29, 1.82) is 0 Å². The largest absolute Gasteiger partial charge is 0.340 e. The summed E-state index contributed by atoms with van der Waals surface area (Å²) in [5, 5.41) is 3.33. The first kappa shape index (κ1) is 13.1. The Balaban J connectivity index is 2.22. The quantitative estimate of drug-likeness (QED) is 0.924. The fraction of sp³-hybridized carbons (Fsp3) is 0.357. The summed E-state index contributed by atoms with van der Waals surface area (Å²) in [6.45, 7) is 4.07. The van der Waals surface area contributed by atoms with Gasteiger partial charge in [-0.05, 0) is 36.2 Å². The van der Waals surface area contributed by atoms with Gasteiger partial charge >= 0.3 is 0 Å². The summed E-state index contributed by atoms with van der Waals surface area (Å²) in [7, 11) is 1.80. The van der Waals surface area contributed by atoms with Crippen LogP contribution in [-0.2, 0) is 11.3 Å². The first-order valence-corrected chi connectivity index (χ1v) is 6.77. The van der Waals surface area contributed by atoms with Crippen molar-refractivity contribution in [2.75, 3.05) is 7.05 Å². The molecule has 0 aliphatic heterocycles. The molecule has 0 radical (unpaired) electrons. The van der Waals surface area contributed by atoms with Crippen LogP contribution in [-0.4, -0.2) is 23.4 Å². The number of hydrogen-bond acceptors (Lipinski definition) is 3. The Labute approximate surface area is 111 Å². The molecule has 18 heavy (non-hydrogen) atoms. The van der Waals surface area contributed by atoms with Crippen LogP contribution in [0.25, 0.3) is 10.1 Å². The van der Waals surface area contributed by atoms with Gasteiger partial charge in [-0.2, -0.15) is 0 Å². The smallest absolute Gasteiger partial charge is 0.242 e. The van der Waals surface area contributed by atoms with Crippen molar-refractivity contribution in [2.45, 2.75) is 25.9 Å². The number of benzene rings is 1. The van der Waals surface area contributed by atoms with Crippen molar-refractivity contribution in [3.63, 3.8) is 0 Å². The van der Waals surface area contributed by atoms with Crippen molar-refractivity contribution in [2.24, 2.45) is 5.73 Å². The Morgan fingerprint density at radius 3 is 2.72 bits per heavy atom. The van der Waals surface area contributed by atoms with Crippen LogP contribution in [0.3, 0.4) is 0 Å². The molecule has 3 nitrogen and oxygen atoms in total. The van der Waals surface area contributed by atoms with Gasteiger partial charge in [0.2, 0.25) is 5.91 Å². The van der Waals surface area contributed by atoms with E-state index in [1.165, 1.54) is 15.6 Å². The van der Waals surface area contributed by atoms with Crippen molar-refractivity contribution in [1.82, 2.24) is 4.90 Å². The highest BCUT2D eigenvalue weighted by atomic mass is 32.1. The van der Waals surface area contributed by atoms with E-state index in [0.717, 1.165) is 0 Å². The number of fused-ring (bicyclic) bond motifs is 1. The molecule has 0 saturated heterocycles. The molecule has 96 valence electrons. The summed E-state index contributed by atoms with van der Waals surface area (Å²) in [4.78, 5) is 13.7. The minimum atomic E-state index is -0.819. The average molecular weight is 262 g/mol. The predicted molar refractivity (Wildman–Crippen MR) is 76.6 cm³/mol. The average Bonchev–Trinajstić information content (AvgIpc) is 2.70. The van der Waals surface area contributed by atoms with Crippen molar-refractivity contribution in [3.05, 3.63) is 35.2 Å². The molecule has 2 N–H and O–H groups in total. The third kappa shape index (κ3) is 2.54. The van der Waals surface area contributed by atoms with Crippen LogP contribution in [0.5, 0.6) is 0 Å². The number of hydrogen-bond donors (Lipinski definition) is 1. The molecule has 0 atom stereocenters. The number of amides is 1. The molecule has 0 bridgehead atoms. The zero-order chi connectivity index (χ0) is 13.3. The second-order valence-corrected chi connectivity index (χ2v) is 6.05. The molecule has 0 spiro atoms. The van der Waals surface area contributed by atoms with Crippen LogP contribution in [0.2, 0.25) is 0 Å². The lowest BCUT2D eigenvalue weighted by molar-refractivity contribution is -0.134. The molecule has 0 unspecified atom stereocenters. The van der Waals surface area contributed by atoms with Crippen molar-refractivity contribution in [3.8, 4) is 0 Å². The van der Waals surface area contributed by atoms with Gasteiger partial charge < -0.3 is 10.6 Å². The number of nitrogens with zero attached hydrogens (tertiary/aromatic N) is 1. The zero-order valence-corrected chi connectivity index (χ0v) is 11.8. The Bertz CT molecular complexity index is 568. The van der Waals surface area contributed by atoms with E-state index in [4.69, 9.17) is 5.73 Å². The SMILES string of the molecule is CN(Cc1csc2ccccc12)C(=O)C(C)(C)N. The number of carbonyl (C=O) groups is 1. The normalized spacial score (nSPS) is 11.8. The number of likely N-dealkylation sites (N-methyl/N-ethyl adjacent to an activating group) is 1. The van der Waals surface area contributed by atoms with Crippen LogP contribution in [0.4, 0.5) is 0 Å². The van der Waals surface area contributed by atoms with Crippen LogP contribution in [0.15, 0.2) is 29.6 Å². The third-order valence-electron chi connectivity index (χ3n) is 2.87. The number of nitrogens with two attached hydrogens (primary N) is 1. The Kier molecular flexibility index (Phi) is 3.41. The van der Waals surface area contributed by atoms with Gasteiger partial charge in [0.15, 0.2) is 0 Å². The van der Waals surface area contributed by atoms with Gasteiger partial charge in [0.25, 0.3) is 0 Å². The Morgan fingerprint density at radius 1 is 1.39 bits per heavy atom. The summed E-state index contributed by atoms with van der Waals surface area (Å²) in [6.07, 6.45) is 0. The molecule has 1 aromatic carbocycles. The molecule has 1 amide bonds. The summed E-state index contributed by atoms with van der Waals surface area (Å²) >= 11 is 1.71. The molecule has 0 aliphatic rings. The first-order valence-electron chi connectivity index (χ1n) is 5.89. The first-order chi connectivity index (χ1) is 8.39. The van der Waals surface area contributed by atoms with Gasteiger partial charge in [0, 0.05) is 18.3 Å². The van der Waals surface area contributed by atoms with E-state index in [1.807, 2.05) is 12.1 Å².